The minimum atomic E-state index is -0.797. The van der Waals surface area contributed by atoms with Crippen LogP contribution < -0.4 is 16.2 Å². The molecular formula is C21H29F2N5O3. The van der Waals surface area contributed by atoms with Gasteiger partial charge in [0, 0.05) is 12.7 Å². The smallest absolute Gasteiger partial charge is 0.255 e. The maximum atomic E-state index is 13.4. The Morgan fingerprint density at radius 2 is 1.90 bits per heavy atom. The highest BCUT2D eigenvalue weighted by molar-refractivity contribution is 5.58. The lowest BCUT2D eigenvalue weighted by Gasteiger charge is -2.18. The zero-order valence-corrected chi connectivity index (χ0v) is 17.7. The normalized spacial score (nSPS) is 17.6. The first kappa shape index (κ1) is 23.1. The summed E-state index contributed by atoms with van der Waals surface area (Å²) in [7, 11) is 2.88. The number of pyridine rings is 1. The van der Waals surface area contributed by atoms with Crippen LogP contribution in [0.25, 0.3) is 0 Å². The standard InChI is InChI=1S/C12H14F2N4O2.C9H15NO/c1-19-6-10(18-5-9(15)11(14)17-18)8-3-7(13)4-16-12(8)20-2;10-8(5-11)9(6-1-2-6)7-3-4-7/h3-5,10H,6,15H2,1-2H3;5-9H,1-4,10H2. The van der Waals surface area contributed by atoms with Crippen LogP contribution in [0, 0.1) is 29.5 Å². The van der Waals surface area contributed by atoms with Crippen molar-refractivity contribution in [2.24, 2.45) is 23.5 Å². The predicted molar refractivity (Wildman–Crippen MR) is 110 cm³/mol. The molecule has 8 nitrogen and oxygen atoms in total. The first-order valence-electron chi connectivity index (χ1n) is 10.3. The number of anilines is 1. The van der Waals surface area contributed by atoms with E-state index in [-0.39, 0.29) is 24.2 Å². The molecule has 2 aliphatic carbocycles. The molecule has 0 amide bonds. The second kappa shape index (κ2) is 10.1. The molecule has 0 saturated heterocycles. The third kappa shape index (κ3) is 5.76. The fourth-order valence-electron chi connectivity index (χ4n) is 3.93. The maximum absolute atomic E-state index is 13.4. The van der Waals surface area contributed by atoms with E-state index in [2.05, 4.69) is 10.1 Å². The zero-order chi connectivity index (χ0) is 22.5. The summed E-state index contributed by atoms with van der Waals surface area (Å²) in [5, 5.41) is 3.65. The maximum Gasteiger partial charge on any atom is 0.255 e. The molecule has 0 bridgehead atoms. The molecule has 2 saturated carbocycles. The van der Waals surface area contributed by atoms with Gasteiger partial charge in [0.05, 0.1) is 32.2 Å². The molecule has 0 spiro atoms. The zero-order valence-electron chi connectivity index (χ0n) is 17.7. The van der Waals surface area contributed by atoms with Gasteiger partial charge < -0.3 is 25.7 Å². The third-order valence-electron chi connectivity index (χ3n) is 5.69. The molecule has 4 rings (SSSR count). The lowest BCUT2D eigenvalue weighted by Crippen LogP contribution is -2.34. The number of nitrogen functional groups attached to an aromatic ring is 1. The van der Waals surface area contributed by atoms with Gasteiger partial charge in [-0.25, -0.2) is 9.37 Å². The predicted octanol–water partition coefficient (Wildman–Crippen LogP) is 2.33. The van der Waals surface area contributed by atoms with Crippen molar-refractivity contribution in [2.75, 3.05) is 26.6 Å². The highest BCUT2D eigenvalue weighted by atomic mass is 19.1. The van der Waals surface area contributed by atoms with E-state index in [4.69, 9.17) is 20.9 Å². The van der Waals surface area contributed by atoms with Gasteiger partial charge in [-0.3, -0.25) is 4.68 Å². The molecule has 0 radical (unpaired) electrons. The molecule has 4 N–H and O–H groups in total. The van der Waals surface area contributed by atoms with Crippen LogP contribution in [0.5, 0.6) is 5.88 Å². The number of hydrogen-bond acceptors (Lipinski definition) is 7. The summed E-state index contributed by atoms with van der Waals surface area (Å²) in [5.74, 6) is 0.998. The first-order valence-corrected chi connectivity index (χ1v) is 10.3. The molecule has 2 aromatic rings. The molecule has 170 valence electrons. The SMILES string of the molecule is COCC(c1cc(F)cnc1OC)n1cc(N)c(F)n1.NC(C=O)C(C1CC1)C1CC1. The van der Waals surface area contributed by atoms with Crippen LogP contribution in [0.4, 0.5) is 14.5 Å². The van der Waals surface area contributed by atoms with Crippen molar-refractivity contribution in [1.82, 2.24) is 14.8 Å². The summed E-state index contributed by atoms with van der Waals surface area (Å²) in [5.41, 5.74) is 11.4. The topological polar surface area (TPSA) is 118 Å². The van der Waals surface area contributed by atoms with Gasteiger partial charge >= 0.3 is 0 Å². The van der Waals surface area contributed by atoms with Gasteiger partial charge in [-0.15, -0.1) is 5.10 Å². The average Bonchev–Trinajstić information content (AvgIpc) is 3.68. The highest BCUT2D eigenvalue weighted by Gasteiger charge is 2.44. The number of nitrogens with zero attached hydrogens (tertiary/aromatic N) is 3. The van der Waals surface area contributed by atoms with Crippen LogP contribution in [0.15, 0.2) is 18.5 Å². The summed E-state index contributed by atoms with van der Waals surface area (Å²) in [6.45, 7) is 0.127. The Labute approximate surface area is 179 Å². The van der Waals surface area contributed by atoms with Crippen LogP contribution in [0.1, 0.15) is 37.3 Å². The van der Waals surface area contributed by atoms with E-state index < -0.39 is 17.8 Å². The Kier molecular flexibility index (Phi) is 7.55. The van der Waals surface area contributed by atoms with E-state index in [1.807, 2.05) is 0 Å². The minimum absolute atomic E-state index is 0.102. The van der Waals surface area contributed by atoms with Gasteiger partial charge in [0.25, 0.3) is 5.95 Å². The Balaban J connectivity index is 0.000000207. The van der Waals surface area contributed by atoms with Crippen molar-refractivity contribution in [3.63, 3.8) is 0 Å². The van der Waals surface area contributed by atoms with E-state index in [0.717, 1.165) is 24.3 Å². The summed E-state index contributed by atoms with van der Waals surface area (Å²) in [4.78, 5) is 14.3. The van der Waals surface area contributed by atoms with Crippen LogP contribution in [-0.2, 0) is 9.53 Å². The van der Waals surface area contributed by atoms with Crippen molar-refractivity contribution in [1.29, 1.82) is 0 Å². The number of carbonyl (C=O) groups excluding carboxylic acids is 1. The second-order valence-electron chi connectivity index (χ2n) is 8.04. The van der Waals surface area contributed by atoms with Gasteiger partial charge in [0.2, 0.25) is 5.88 Å². The van der Waals surface area contributed by atoms with Crippen LogP contribution in [0.2, 0.25) is 0 Å². The number of carbonyl (C=O) groups is 1. The van der Waals surface area contributed by atoms with E-state index in [1.165, 1.54) is 56.8 Å². The fourth-order valence-corrected chi connectivity index (χ4v) is 3.93. The van der Waals surface area contributed by atoms with Crippen LogP contribution in [0.3, 0.4) is 0 Å². The Morgan fingerprint density at radius 3 is 2.35 bits per heavy atom. The molecule has 2 aromatic heterocycles. The summed E-state index contributed by atoms with van der Waals surface area (Å²) >= 11 is 0. The number of hydrogen-bond donors (Lipinski definition) is 2. The number of ether oxygens (including phenoxy) is 2. The minimum Gasteiger partial charge on any atom is -0.481 e. The number of methoxy groups -OCH3 is 2. The molecule has 2 heterocycles. The van der Waals surface area contributed by atoms with Crippen molar-refractivity contribution >= 4 is 12.0 Å². The molecular weight excluding hydrogens is 408 g/mol. The second-order valence-corrected chi connectivity index (χ2v) is 8.04. The summed E-state index contributed by atoms with van der Waals surface area (Å²) < 4.78 is 38.1. The quantitative estimate of drug-likeness (QED) is 0.578. The number of nitrogens with two attached hydrogens (primary N) is 2. The molecule has 2 unspecified atom stereocenters. The molecule has 10 heteroatoms. The summed E-state index contributed by atoms with van der Waals surface area (Å²) in [6, 6.07) is 0.464. The number of aldehydes is 1. The fraction of sp³-hybridized carbons (Fsp3) is 0.571. The van der Waals surface area contributed by atoms with Crippen LogP contribution in [-0.4, -0.2) is 47.9 Å². The van der Waals surface area contributed by atoms with Gasteiger partial charge in [-0.2, -0.15) is 4.39 Å². The van der Waals surface area contributed by atoms with Crippen molar-refractivity contribution in [3.05, 3.63) is 35.8 Å². The number of aromatic nitrogens is 3. The molecule has 0 aliphatic heterocycles. The monoisotopic (exact) mass is 437 g/mol. The van der Waals surface area contributed by atoms with Gasteiger partial charge in [-0.1, -0.05) is 0 Å². The van der Waals surface area contributed by atoms with E-state index in [1.54, 1.807) is 0 Å². The first-order chi connectivity index (χ1) is 14.9. The van der Waals surface area contributed by atoms with E-state index >= 15 is 0 Å². The molecule has 31 heavy (non-hydrogen) atoms. The molecule has 0 aromatic carbocycles. The molecule has 2 aliphatic rings. The third-order valence-corrected chi connectivity index (χ3v) is 5.69. The molecule has 2 fully saturated rings. The Morgan fingerprint density at radius 1 is 1.26 bits per heavy atom. The Hall–Kier alpha value is -2.59. The lowest BCUT2D eigenvalue weighted by atomic mass is 9.91. The van der Waals surface area contributed by atoms with Crippen molar-refractivity contribution in [2.45, 2.75) is 37.8 Å². The van der Waals surface area contributed by atoms with Crippen LogP contribution >= 0.6 is 0 Å². The van der Waals surface area contributed by atoms with Crippen molar-refractivity contribution < 1.29 is 23.0 Å². The Bertz CT molecular complexity index is 854. The summed E-state index contributed by atoms with van der Waals surface area (Å²) in [6.07, 6.45) is 8.51. The number of rotatable bonds is 9. The van der Waals surface area contributed by atoms with Crippen molar-refractivity contribution in [3.8, 4) is 5.88 Å². The largest absolute Gasteiger partial charge is 0.481 e. The number of halogens is 2. The molecule has 2 atom stereocenters. The van der Waals surface area contributed by atoms with Gasteiger partial charge in [0.1, 0.15) is 23.8 Å². The highest BCUT2D eigenvalue weighted by Crippen LogP contribution is 2.50. The van der Waals surface area contributed by atoms with E-state index in [9.17, 15) is 13.6 Å². The average molecular weight is 437 g/mol. The van der Waals surface area contributed by atoms with E-state index in [0.29, 0.717) is 11.5 Å². The lowest BCUT2D eigenvalue weighted by molar-refractivity contribution is -0.110. The van der Waals surface area contributed by atoms with Gasteiger partial charge in [-0.05, 0) is 49.5 Å². The van der Waals surface area contributed by atoms with Gasteiger partial charge in [0.15, 0.2) is 0 Å².